The molecular formula is C11H10N2O2S. The zero-order valence-corrected chi connectivity index (χ0v) is 9.43. The van der Waals surface area contributed by atoms with Gasteiger partial charge in [-0.3, -0.25) is 5.41 Å². The van der Waals surface area contributed by atoms with Gasteiger partial charge in [0.1, 0.15) is 5.84 Å². The number of carbonyl (C=O) groups excluding carboxylic acids is 1. The second-order valence-corrected chi connectivity index (χ2v) is 4.32. The molecule has 4 nitrogen and oxygen atoms in total. The van der Waals surface area contributed by atoms with E-state index in [1.54, 1.807) is 18.2 Å². The van der Waals surface area contributed by atoms with E-state index in [0.717, 1.165) is 10.1 Å². The molecule has 0 spiro atoms. The van der Waals surface area contributed by atoms with Crippen LogP contribution < -0.4 is 5.73 Å². The number of hydrogen-bond donors (Lipinski definition) is 2. The Morgan fingerprint density at radius 1 is 1.50 bits per heavy atom. The summed E-state index contributed by atoms with van der Waals surface area (Å²) in [6, 6.07) is 7.12. The van der Waals surface area contributed by atoms with Crippen LogP contribution in [0.2, 0.25) is 0 Å². The van der Waals surface area contributed by atoms with Crippen molar-refractivity contribution in [1.29, 1.82) is 5.41 Å². The number of thiophene rings is 1. The number of amidine groups is 1. The number of nitrogens with two attached hydrogens (primary N) is 1. The Morgan fingerprint density at radius 3 is 2.88 bits per heavy atom. The van der Waals surface area contributed by atoms with Crippen LogP contribution in [0, 0.1) is 5.41 Å². The van der Waals surface area contributed by atoms with Gasteiger partial charge in [-0.1, -0.05) is 6.07 Å². The number of carbonyl (C=O) groups is 1. The molecule has 1 aromatic heterocycles. The van der Waals surface area contributed by atoms with Crippen LogP contribution in [0.5, 0.6) is 0 Å². The van der Waals surface area contributed by atoms with Gasteiger partial charge in [-0.05, 0) is 18.2 Å². The highest BCUT2D eigenvalue weighted by molar-refractivity contribution is 7.20. The van der Waals surface area contributed by atoms with Crippen LogP contribution in [-0.4, -0.2) is 18.9 Å². The van der Waals surface area contributed by atoms with Crippen LogP contribution in [0.15, 0.2) is 24.3 Å². The van der Waals surface area contributed by atoms with Gasteiger partial charge in [-0.2, -0.15) is 0 Å². The van der Waals surface area contributed by atoms with Gasteiger partial charge >= 0.3 is 5.97 Å². The summed E-state index contributed by atoms with van der Waals surface area (Å²) in [6.07, 6.45) is 0. The maximum absolute atomic E-state index is 11.5. The third-order valence-corrected chi connectivity index (χ3v) is 3.37. The Bertz CT molecular complexity index is 574. The first kappa shape index (κ1) is 10.6. The zero-order valence-electron chi connectivity index (χ0n) is 8.61. The summed E-state index contributed by atoms with van der Waals surface area (Å²) < 4.78 is 5.62. The highest BCUT2D eigenvalue weighted by atomic mass is 32.1. The first-order valence-corrected chi connectivity index (χ1v) is 5.40. The molecule has 0 saturated carbocycles. The van der Waals surface area contributed by atoms with Gasteiger partial charge in [-0.25, -0.2) is 4.79 Å². The smallest absolute Gasteiger partial charge is 0.338 e. The maximum Gasteiger partial charge on any atom is 0.338 e. The minimum absolute atomic E-state index is 0.0111. The topological polar surface area (TPSA) is 76.2 Å². The number of ether oxygens (including phenoxy) is 1. The van der Waals surface area contributed by atoms with E-state index in [0.29, 0.717) is 10.4 Å². The number of fused-ring (bicyclic) bond motifs is 1. The minimum Gasteiger partial charge on any atom is -0.465 e. The van der Waals surface area contributed by atoms with Crippen LogP contribution in [-0.2, 0) is 4.74 Å². The van der Waals surface area contributed by atoms with Crippen molar-refractivity contribution >= 4 is 33.2 Å². The number of esters is 1. The summed E-state index contributed by atoms with van der Waals surface area (Å²) >= 11 is 1.39. The number of rotatable bonds is 2. The molecule has 0 radical (unpaired) electrons. The molecule has 0 saturated heterocycles. The lowest BCUT2D eigenvalue weighted by Crippen LogP contribution is -2.08. The van der Waals surface area contributed by atoms with Crippen LogP contribution >= 0.6 is 11.3 Å². The van der Waals surface area contributed by atoms with Crippen LogP contribution in [0.3, 0.4) is 0 Å². The highest BCUT2D eigenvalue weighted by Gasteiger charge is 2.13. The van der Waals surface area contributed by atoms with Crippen molar-refractivity contribution in [2.75, 3.05) is 7.11 Å². The number of hydrogen-bond acceptors (Lipinski definition) is 4. The van der Waals surface area contributed by atoms with Crippen molar-refractivity contribution in [3.05, 3.63) is 34.7 Å². The zero-order chi connectivity index (χ0) is 11.7. The van der Waals surface area contributed by atoms with E-state index in [1.807, 2.05) is 6.07 Å². The van der Waals surface area contributed by atoms with E-state index in [4.69, 9.17) is 15.9 Å². The van der Waals surface area contributed by atoms with E-state index >= 15 is 0 Å². The molecule has 82 valence electrons. The van der Waals surface area contributed by atoms with E-state index in [2.05, 4.69) is 0 Å². The van der Waals surface area contributed by atoms with Gasteiger partial charge in [0.05, 0.1) is 17.6 Å². The highest BCUT2D eigenvalue weighted by Crippen LogP contribution is 2.28. The molecule has 2 aromatic rings. The molecule has 1 aromatic carbocycles. The van der Waals surface area contributed by atoms with Crippen LogP contribution in [0.1, 0.15) is 15.2 Å². The molecule has 1 heterocycles. The predicted octanol–water partition coefficient (Wildman–Crippen LogP) is 1.97. The van der Waals surface area contributed by atoms with Crippen LogP contribution in [0.4, 0.5) is 0 Å². The maximum atomic E-state index is 11.5. The number of methoxy groups -OCH3 is 1. The third-order valence-electron chi connectivity index (χ3n) is 2.23. The fraction of sp³-hybridized carbons (Fsp3) is 0.0909. The first-order chi connectivity index (χ1) is 7.63. The van der Waals surface area contributed by atoms with E-state index in [1.165, 1.54) is 18.4 Å². The van der Waals surface area contributed by atoms with Gasteiger partial charge in [0.2, 0.25) is 0 Å². The number of nitrogens with one attached hydrogen (secondary N) is 1. The molecule has 0 aliphatic heterocycles. The third kappa shape index (κ3) is 1.65. The molecule has 0 aliphatic carbocycles. The molecule has 0 aliphatic rings. The standard InChI is InChI=1S/C11H10N2O2S/c1-15-11(14)6-3-2-4-8-7(6)5-9(16-8)10(12)13/h2-5H,1H3,(H3,12,13). The van der Waals surface area contributed by atoms with Crippen LogP contribution in [0.25, 0.3) is 10.1 Å². The fourth-order valence-electron chi connectivity index (χ4n) is 1.48. The van der Waals surface area contributed by atoms with Gasteiger partial charge in [0.15, 0.2) is 0 Å². The molecule has 0 unspecified atom stereocenters. The van der Waals surface area contributed by atoms with Gasteiger partial charge in [0.25, 0.3) is 0 Å². The Labute approximate surface area is 96.1 Å². The Morgan fingerprint density at radius 2 is 2.25 bits per heavy atom. The number of nitrogen functional groups attached to an aromatic ring is 1. The van der Waals surface area contributed by atoms with Gasteiger partial charge in [0, 0.05) is 10.1 Å². The summed E-state index contributed by atoms with van der Waals surface area (Å²) in [5, 5.41) is 8.14. The van der Waals surface area contributed by atoms with Crippen molar-refractivity contribution < 1.29 is 9.53 Å². The molecule has 0 bridgehead atoms. The average molecular weight is 234 g/mol. The summed E-state index contributed by atoms with van der Waals surface area (Å²) in [6.45, 7) is 0. The van der Waals surface area contributed by atoms with Crippen molar-refractivity contribution in [1.82, 2.24) is 0 Å². The van der Waals surface area contributed by atoms with Crippen molar-refractivity contribution in [3.8, 4) is 0 Å². The van der Waals surface area contributed by atoms with Crippen molar-refractivity contribution in [2.45, 2.75) is 0 Å². The molecule has 3 N–H and O–H groups in total. The van der Waals surface area contributed by atoms with Gasteiger partial charge in [-0.15, -0.1) is 11.3 Å². The molecule has 0 fully saturated rings. The summed E-state index contributed by atoms with van der Waals surface area (Å²) in [5.41, 5.74) is 5.92. The lowest BCUT2D eigenvalue weighted by molar-refractivity contribution is 0.0603. The molecule has 2 rings (SSSR count). The normalized spacial score (nSPS) is 10.3. The van der Waals surface area contributed by atoms with Crippen molar-refractivity contribution in [3.63, 3.8) is 0 Å². The largest absolute Gasteiger partial charge is 0.465 e. The van der Waals surface area contributed by atoms with E-state index < -0.39 is 0 Å². The molecular weight excluding hydrogens is 224 g/mol. The van der Waals surface area contributed by atoms with Gasteiger partial charge < -0.3 is 10.5 Å². The SMILES string of the molecule is COC(=O)c1cccc2sc(C(=N)N)cc12. The van der Waals surface area contributed by atoms with E-state index in [9.17, 15) is 4.79 Å². The molecule has 16 heavy (non-hydrogen) atoms. The molecule has 0 atom stereocenters. The summed E-state index contributed by atoms with van der Waals surface area (Å²) in [4.78, 5) is 12.2. The number of benzene rings is 1. The molecule has 0 amide bonds. The lowest BCUT2D eigenvalue weighted by Gasteiger charge is -1.99. The second kappa shape index (κ2) is 3.94. The Hall–Kier alpha value is -1.88. The quantitative estimate of drug-likeness (QED) is 0.474. The lowest BCUT2D eigenvalue weighted by atomic mass is 10.1. The second-order valence-electron chi connectivity index (χ2n) is 3.23. The fourth-order valence-corrected chi connectivity index (χ4v) is 2.43. The Kier molecular flexibility index (Phi) is 2.62. The summed E-state index contributed by atoms with van der Waals surface area (Å²) in [7, 11) is 1.35. The first-order valence-electron chi connectivity index (χ1n) is 4.58. The minimum atomic E-state index is -0.376. The Balaban J connectivity index is 2.67. The monoisotopic (exact) mass is 234 g/mol. The van der Waals surface area contributed by atoms with Crippen molar-refractivity contribution in [2.24, 2.45) is 5.73 Å². The van der Waals surface area contributed by atoms with E-state index in [-0.39, 0.29) is 11.8 Å². The molecule has 5 heteroatoms. The average Bonchev–Trinajstić information content (AvgIpc) is 2.71. The summed E-state index contributed by atoms with van der Waals surface area (Å²) in [5.74, 6) is -0.365. The predicted molar refractivity (Wildman–Crippen MR) is 64.2 cm³/mol.